The smallest absolute Gasteiger partial charge is 0.248 e. The number of pyridine rings is 1. The molecule has 6 heteroatoms. The van der Waals surface area contributed by atoms with Gasteiger partial charge in [-0.05, 0) is 25.0 Å². The Hall–Kier alpha value is -1.50. The predicted molar refractivity (Wildman–Crippen MR) is 90.4 cm³/mol. The van der Waals surface area contributed by atoms with Gasteiger partial charge in [0, 0.05) is 58.2 Å². The highest BCUT2D eigenvalue weighted by Crippen LogP contribution is 2.33. The quantitative estimate of drug-likeness (QED) is 0.782. The molecule has 0 saturated carbocycles. The lowest BCUT2D eigenvalue weighted by Gasteiger charge is -2.41. The third-order valence-electron chi connectivity index (χ3n) is 5.12. The normalized spacial score (nSPS) is 27.2. The van der Waals surface area contributed by atoms with E-state index in [2.05, 4.69) is 16.0 Å². The Kier molecular flexibility index (Phi) is 5.81. The van der Waals surface area contributed by atoms with E-state index < -0.39 is 0 Å². The van der Waals surface area contributed by atoms with Crippen LogP contribution in [-0.4, -0.2) is 72.8 Å². The first kappa shape index (κ1) is 17.3. The SMILES string of the molecule is CCOCC(=O)N1CC[C@H](OC)[C@H]2CN(Cc3cccnc3)C[C@H]21. The first-order valence-corrected chi connectivity index (χ1v) is 8.74. The van der Waals surface area contributed by atoms with Gasteiger partial charge in [0.05, 0.1) is 12.1 Å². The van der Waals surface area contributed by atoms with Crippen molar-refractivity contribution in [3.8, 4) is 0 Å². The van der Waals surface area contributed by atoms with Gasteiger partial charge in [0.1, 0.15) is 6.61 Å². The maximum atomic E-state index is 12.5. The Labute approximate surface area is 143 Å². The summed E-state index contributed by atoms with van der Waals surface area (Å²) in [6.07, 6.45) is 4.83. The molecule has 0 N–H and O–H groups in total. The second-order valence-electron chi connectivity index (χ2n) is 6.57. The number of ether oxygens (including phenoxy) is 2. The molecule has 132 valence electrons. The Morgan fingerprint density at radius 2 is 2.29 bits per heavy atom. The molecule has 0 aliphatic carbocycles. The van der Waals surface area contributed by atoms with Gasteiger partial charge in [-0.25, -0.2) is 0 Å². The second-order valence-corrected chi connectivity index (χ2v) is 6.57. The van der Waals surface area contributed by atoms with Crippen molar-refractivity contribution in [3.63, 3.8) is 0 Å². The fourth-order valence-corrected chi connectivity index (χ4v) is 3.99. The van der Waals surface area contributed by atoms with Crippen molar-refractivity contribution >= 4 is 5.91 Å². The second kappa shape index (κ2) is 8.05. The first-order valence-electron chi connectivity index (χ1n) is 8.74. The molecule has 24 heavy (non-hydrogen) atoms. The Balaban J connectivity index is 1.68. The van der Waals surface area contributed by atoms with Crippen LogP contribution in [0.4, 0.5) is 0 Å². The van der Waals surface area contributed by atoms with E-state index in [0.717, 1.165) is 32.6 Å². The number of piperidine rings is 1. The molecule has 0 spiro atoms. The summed E-state index contributed by atoms with van der Waals surface area (Å²) in [7, 11) is 1.78. The first-order chi connectivity index (χ1) is 11.7. The van der Waals surface area contributed by atoms with Gasteiger partial charge in [-0.1, -0.05) is 6.07 Å². The molecule has 0 bridgehead atoms. The fourth-order valence-electron chi connectivity index (χ4n) is 3.99. The van der Waals surface area contributed by atoms with Crippen LogP contribution in [0.15, 0.2) is 24.5 Å². The monoisotopic (exact) mass is 333 g/mol. The summed E-state index contributed by atoms with van der Waals surface area (Å²) < 4.78 is 11.0. The zero-order chi connectivity index (χ0) is 16.9. The molecule has 0 radical (unpaired) electrons. The predicted octanol–water partition coefficient (Wildman–Crippen LogP) is 1.17. The molecule has 1 aromatic heterocycles. The zero-order valence-corrected chi connectivity index (χ0v) is 14.6. The number of aromatic nitrogens is 1. The molecular weight excluding hydrogens is 306 g/mol. The molecule has 3 heterocycles. The fraction of sp³-hybridized carbons (Fsp3) is 0.667. The summed E-state index contributed by atoms with van der Waals surface area (Å²) in [5, 5.41) is 0. The van der Waals surface area contributed by atoms with E-state index in [0.29, 0.717) is 12.5 Å². The number of hydrogen-bond donors (Lipinski definition) is 0. The molecule has 3 atom stereocenters. The van der Waals surface area contributed by atoms with Gasteiger partial charge in [-0.15, -0.1) is 0 Å². The van der Waals surface area contributed by atoms with E-state index in [-0.39, 0.29) is 24.7 Å². The van der Waals surface area contributed by atoms with Gasteiger partial charge < -0.3 is 14.4 Å². The minimum absolute atomic E-state index is 0.102. The van der Waals surface area contributed by atoms with Crippen molar-refractivity contribution in [2.24, 2.45) is 5.92 Å². The third-order valence-corrected chi connectivity index (χ3v) is 5.12. The van der Waals surface area contributed by atoms with Crippen LogP contribution in [0.25, 0.3) is 0 Å². The topological polar surface area (TPSA) is 54.9 Å². The molecule has 2 saturated heterocycles. The number of likely N-dealkylation sites (tertiary alicyclic amines) is 2. The lowest BCUT2D eigenvalue weighted by molar-refractivity contribution is -0.143. The van der Waals surface area contributed by atoms with E-state index in [4.69, 9.17) is 9.47 Å². The van der Waals surface area contributed by atoms with Crippen LogP contribution >= 0.6 is 0 Å². The molecule has 1 amide bonds. The Morgan fingerprint density at radius 1 is 1.42 bits per heavy atom. The average Bonchev–Trinajstić information content (AvgIpc) is 3.03. The largest absolute Gasteiger partial charge is 0.381 e. The van der Waals surface area contributed by atoms with E-state index in [1.165, 1.54) is 5.56 Å². The van der Waals surface area contributed by atoms with Crippen molar-refractivity contribution in [1.29, 1.82) is 0 Å². The van der Waals surface area contributed by atoms with Gasteiger partial charge in [-0.2, -0.15) is 0 Å². The number of amides is 1. The summed E-state index contributed by atoms with van der Waals surface area (Å²) >= 11 is 0. The van der Waals surface area contributed by atoms with Gasteiger partial charge in [0.15, 0.2) is 0 Å². The molecule has 3 rings (SSSR count). The van der Waals surface area contributed by atoms with E-state index in [9.17, 15) is 4.79 Å². The van der Waals surface area contributed by atoms with E-state index in [1.54, 1.807) is 13.3 Å². The number of carbonyl (C=O) groups excluding carboxylic acids is 1. The van der Waals surface area contributed by atoms with Crippen LogP contribution in [0.5, 0.6) is 0 Å². The molecule has 1 aromatic rings. The van der Waals surface area contributed by atoms with E-state index in [1.807, 2.05) is 24.1 Å². The highest BCUT2D eigenvalue weighted by Gasteiger charge is 2.45. The number of rotatable bonds is 6. The molecule has 2 fully saturated rings. The van der Waals surface area contributed by atoms with Gasteiger partial charge in [-0.3, -0.25) is 14.7 Å². The van der Waals surface area contributed by atoms with E-state index >= 15 is 0 Å². The standard InChI is InChI=1S/C18H27N3O3/c1-3-24-13-18(22)21-8-6-17(23-2)15-11-20(12-16(15)21)10-14-5-4-7-19-9-14/h4-5,7,9,15-17H,3,6,8,10-13H2,1-2H3/t15-,16+,17-/m0/s1. The summed E-state index contributed by atoms with van der Waals surface area (Å²) in [6, 6.07) is 4.28. The Bertz CT molecular complexity index is 540. The summed E-state index contributed by atoms with van der Waals surface area (Å²) in [4.78, 5) is 21.1. The molecule has 0 unspecified atom stereocenters. The Morgan fingerprint density at radius 3 is 3.00 bits per heavy atom. The van der Waals surface area contributed by atoms with Crippen molar-refractivity contribution in [2.45, 2.75) is 32.0 Å². The van der Waals surface area contributed by atoms with Crippen molar-refractivity contribution in [3.05, 3.63) is 30.1 Å². The highest BCUT2D eigenvalue weighted by molar-refractivity contribution is 5.78. The minimum Gasteiger partial charge on any atom is -0.381 e. The molecule has 2 aliphatic rings. The maximum Gasteiger partial charge on any atom is 0.248 e. The minimum atomic E-state index is 0.102. The van der Waals surface area contributed by atoms with Crippen molar-refractivity contribution in [2.75, 3.05) is 40.0 Å². The van der Waals surface area contributed by atoms with Crippen molar-refractivity contribution in [1.82, 2.24) is 14.8 Å². The highest BCUT2D eigenvalue weighted by atomic mass is 16.5. The number of methoxy groups -OCH3 is 1. The lowest BCUT2D eigenvalue weighted by atomic mass is 9.89. The summed E-state index contributed by atoms with van der Waals surface area (Å²) in [5.74, 6) is 0.468. The summed E-state index contributed by atoms with van der Waals surface area (Å²) in [6.45, 7) is 6.13. The number of nitrogens with zero attached hydrogens (tertiary/aromatic N) is 3. The summed E-state index contributed by atoms with van der Waals surface area (Å²) in [5.41, 5.74) is 1.21. The van der Waals surface area contributed by atoms with Crippen LogP contribution in [-0.2, 0) is 20.8 Å². The molecule has 2 aliphatic heterocycles. The lowest BCUT2D eigenvalue weighted by Crippen LogP contribution is -2.54. The van der Waals surface area contributed by atoms with Gasteiger partial charge >= 0.3 is 0 Å². The average molecular weight is 333 g/mol. The van der Waals surface area contributed by atoms with Crippen LogP contribution in [0.1, 0.15) is 18.9 Å². The van der Waals surface area contributed by atoms with Crippen LogP contribution in [0.2, 0.25) is 0 Å². The third kappa shape index (κ3) is 3.77. The van der Waals surface area contributed by atoms with Crippen LogP contribution < -0.4 is 0 Å². The molecule has 0 aromatic carbocycles. The van der Waals surface area contributed by atoms with Crippen LogP contribution in [0, 0.1) is 5.92 Å². The van der Waals surface area contributed by atoms with Gasteiger partial charge in [0.2, 0.25) is 5.91 Å². The molecular formula is C18H27N3O3. The zero-order valence-electron chi connectivity index (χ0n) is 14.6. The van der Waals surface area contributed by atoms with Crippen LogP contribution in [0.3, 0.4) is 0 Å². The number of carbonyl (C=O) groups is 1. The maximum absolute atomic E-state index is 12.5. The number of fused-ring (bicyclic) bond motifs is 1. The van der Waals surface area contributed by atoms with Gasteiger partial charge in [0.25, 0.3) is 0 Å². The number of hydrogen-bond acceptors (Lipinski definition) is 5. The molecule has 6 nitrogen and oxygen atoms in total. The van der Waals surface area contributed by atoms with Crippen molar-refractivity contribution < 1.29 is 14.3 Å².